The summed E-state index contributed by atoms with van der Waals surface area (Å²) in [4.78, 5) is 14.8. The highest BCUT2D eigenvalue weighted by atomic mass is 16.5. The van der Waals surface area contributed by atoms with Crippen molar-refractivity contribution in [1.29, 1.82) is 0 Å². The molecule has 0 fully saturated rings. The van der Waals surface area contributed by atoms with Crippen LogP contribution in [0.25, 0.3) is 0 Å². The van der Waals surface area contributed by atoms with Gasteiger partial charge in [0, 0.05) is 23.3 Å². The molecule has 0 heterocycles. The lowest BCUT2D eigenvalue weighted by Crippen LogP contribution is -2.46. The zero-order valence-electron chi connectivity index (χ0n) is 18.2. The second-order valence-electron chi connectivity index (χ2n) is 8.11. The van der Waals surface area contributed by atoms with Crippen molar-refractivity contribution in [2.75, 3.05) is 5.32 Å². The van der Waals surface area contributed by atoms with Crippen molar-refractivity contribution in [3.05, 3.63) is 59.7 Å². The van der Waals surface area contributed by atoms with Gasteiger partial charge in [0.05, 0.1) is 0 Å². The quantitative estimate of drug-likeness (QED) is 0.577. The number of nitrogens with zero attached hydrogens (tertiary/aromatic N) is 1. The maximum atomic E-state index is 12.4. The van der Waals surface area contributed by atoms with Crippen molar-refractivity contribution in [2.45, 2.75) is 72.7 Å². The molecule has 0 saturated heterocycles. The Balaban J connectivity index is 1.99. The fourth-order valence-electron chi connectivity index (χ4n) is 3.53. The Morgan fingerprint density at radius 2 is 1.36 bits per heavy atom. The number of hydrogen-bond acceptors (Lipinski definition) is 3. The van der Waals surface area contributed by atoms with E-state index in [0.717, 1.165) is 11.4 Å². The molecular formula is C24H34N2O2. The highest BCUT2D eigenvalue weighted by Crippen LogP contribution is 2.21. The number of carbonyl (C=O) groups is 1. The van der Waals surface area contributed by atoms with Crippen LogP contribution in [0.1, 0.15) is 70.3 Å². The molecule has 2 aromatic rings. The van der Waals surface area contributed by atoms with Gasteiger partial charge in [-0.05, 0) is 82.5 Å². The van der Waals surface area contributed by atoms with Gasteiger partial charge in [-0.15, -0.1) is 0 Å². The van der Waals surface area contributed by atoms with Crippen LogP contribution in [0.4, 0.5) is 5.69 Å². The molecule has 0 bridgehead atoms. The maximum Gasteiger partial charge on any atom is 0.255 e. The molecule has 4 heteroatoms. The SMILES string of the molecule is CC(C)c1ccc(C(=O)Nc2ccc(OC(C)N(C(C)C)C(C)C)cc2)cc1. The largest absolute Gasteiger partial charge is 0.475 e. The number of anilines is 1. The third-order valence-electron chi connectivity index (χ3n) is 4.87. The van der Waals surface area contributed by atoms with E-state index in [4.69, 9.17) is 4.74 Å². The summed E-state index contributed by atoms with van der Waals surface area (Å²) in [6.07, 6.45) is -0.0279. The molecular weight excluding hydrogens is 348 g/mol. The first-order valence-corrected chi connectivity index (χ1v) is 10.1. The van der Waals surface area contributed by atoms with Crippen LogP contribution >= 0.6 is 0 Å². The van der Waals surface area contributed by atoms with Gasteiger partial charge in [0.15, 0.2) is 0 Å². The number of hydrogen-bond donors (Lipinski definition) is 1. The summed E-state index contributed by atoms with van der Waals surface area (Å²) in [5.41, 5.74) is 2.63. The smallest absolute Gasteiger partial charge is 0.255 e. The fourth-order valence-corrected chi connectivity index (χ4v) is 3.53. The van der Waals surface area contributed by atoms with E-state index in [2.05, 4.69) is 58.7 Å². The van der Waals surface area contributed by atoms with Gasteiger partial charge in [-0.3, -0.25) is 9.69 Å². The van der Waals surface area contributed by atoms with E-state index >= 15 is 0 Å². The summed E-state index contributed by atoms with van der Waals surface area (Å²) >= 11 is 0. The van der Waals surface area contributed by atoms with Crippen LogP contribution in [0.5, 0.6) is 5.75 Å². The normalized spacial score (nSPS) is 12.7. The number of amides is 1. The molecule has 0 aliphatic carbocycles. The Morgan fingerprint density at radius 3 is 1.82 bits per heavy atom. The van der Waals surface area contributed by atoms with Crippen molar-refractivity contribution in [3.63, 3.8) is 0 Å². The Hall–Kier alpha value is -2.33. The average molecular weight is 383 g/mol. The summed E-state index contributed by atoms with van der Waals surface area (Å²) < 4.78 is 6.09. The Labute approximate surface area is 169 Å². The Bertz CT molecular complexity index is 741. The van der Waals surface area contributed by atoms with E-state index in [1.54, 1.807) is 0 Å². The Kier molecular flexibility index (Phi) is 7.64. The van der Waals surface area contributed by atoms with Crippen molar-refractivity contribution in [2.24, 2.45) is 0 Å². The van der Waals surface area contributed by atoms with E-state index in [0.29, 0.717) is 23.6 Å². The molecule has 0 aliphatic heterocycles. The highest BCUT2D eigenvalue weighted by Gasteiger charge is 2.21. The number of nitrogens with one attached hydrogen (secondary N) is 1. The first-order chi connectivity index (χ1) is 13.2. The van der Waals surface area contributed by atoms with Crippen LogP contribution in [0.2, 0.25) is 0 Å². The van der Waals surface area contributed by atoms with Gasteiger partial charge >= 0.3 is 0 Å². The molecule has 1 unspecified atom stereocenters. The van der Waals surface area contributed by atoms with Crippen molar-refractivity contribution in [1.82, 2.24) is 4.90 Å². The van der Waals surface area contributed by atoms with Crippen LogP contribution in [0, 0.1) is 0 Å². The molecule has 0 radical (unpaired) electrons. The number of benzene rings is 2. The van der Waals surface area contributed by atoms with Crippen LogP contribution in [-0.2, 0) is 0 Å². The predicted octanol–water partition coefficient (Wildman–Crippen LogP) is 5.91. The summed E-state index contributed by atoms with van der Waals surface area (Å²) in [5.74, 6) is 1.13. The summed E-state index contributed by atoms with van der Waals surface area (Å²) in [7, 11) is 0. The minimum Gasteiger partial charge on any atom is -0.475 e. The summed E-state index contributed by atoms with van der Waals surface area (Å²) in [6.45, 7) is 15.0. The predicted molar refractivity (Wildman–Crippen MR) is 117 cm³/mol. The number of rotatable bonds is 8. The topological polar surface area (TPSA) is 41.6 Å². The standard InChI is InChI=1S/C24H34N2O2/c1-16(2)20-8-10-21(11-9-20)24(27)25-22-12-14-23(15-13-22)28-19(7)26(17(3)4)18(5)6/h8-19H,1-7H3,(H,25,27). The van der Waals surface area contributed by atoms with Gasteiger partial charge in [0.25, 0.3) is 5.91 Å². The van der Waals surface area contributed by atoms with Crippen LogP contribution < -0.4 is 10.1 Å². The molecule has 4 nitrogen and oxygen atoms in total. The van der Waals surface area contributed by atoms with Gasteiger partial charge in [-0.2, -0.15) is 0 Å². The molecule has 28 heavy (non-hydrogen) atoms. The van der Waals surface area contributed by atoms with E-state index in [1.165, 1.54) is 5.56 Å². The van der Waals surface area contributed by atoms with Gasteiger partial charge in [0.1, 0.15) is 12.0 Å². The average Bonchev–Trinajstić information content (AvgIpc) is 2.62. The minimum atomic E-state index is -0.108. The van der Waals surface area contributed by atoms with Gasteiger partial charge < -0.3 is 10.1 Å². The second-order valence-corrected chi connectivity index (χ2v) is 8.11. The first-order valence-electron chi connectivity index (χ1n) is 10.1. The van der Waals surface area contributed by atoms with Gasteiger partial charge in [0.2, 0.25) is 0 Å². The first kappa shape index (κ1) is 22.0. The molecule has 1 amide bonds. The molecule has 0 saturated carbocycles. The van der Waals surface area contributed by atoms with E-state index in [9.17, 15) is 4.79 Å². The van der Waals surface area contributed by atoms with E-state index in [-0.39, 0.29) is 12.1 Å². The lowest BCUT2D eigenvalue weighted by molar-refractivity contribution is -0.00560. The van der Waals surface area contributed by atoms with Crippen LogP contribution in [0.3, 0.4) is 0 Å². The van der Waals surface area contributed by atoms with E-state index < -0.39 is 0 Å². The summed E-state index contributed by atoms with van der Waals surface area (Å²) in [6, 6.07) is 16.1. The highest BCUT2D eigenvalue weighted by molar-refractivity contribution is 6.04. The van der Waals surface area contributed by atoms with Crippen molar-refractivity contribution < 1.29 is 9.53 Å². The van der Waals surface area contributed by atoms with E-state index in [1.807, 2.05) is 48.5 Å². The third kappa shape index (κ3) is 5.83. The zero-order valence-corrected chi connectivity index (χ0v) is 18.2. The molecule has 0 aromatic heterocycles. The fraction of sp³-hybridized carbons (Fsp3) is 0.458. The molecule has 1 atom stereocenters. The zero-order chi connectivity index (χ0) is 20.8. The Morgan fingerprint density at radius 1 is 0.821 bits per heavy atom. The lowest BCUT2D eigenvalue weighted by Gasteiger charge is -2.36. The third-order valence-corrected chi connectivity index (χ3v) is 4.87. The molecule has 0 spiro atoms. The monoisotopic (exact) mass is 382 g/mol. The van der Waals surface area contributed by atoms with Gasteiger partial charge in [-0.25, -0.2) is 0 Å². The number of ether oxygens (including phenoxy) is 1. The second kappa shape index (κ2) is 9.74. The molecule has 0 aliphatic rings. The molecule has 2 aromatic carbocycles. The molecule has 152 valence electrons. The number of carbonyl (C=O) groups excluding carboxylic acids is 1. The van der Waals surface area contributed by atoms with Crippen LogP contribution in [-0.4, -0.2) is 29.1 Å². The van der Waals surface area contributed by atoms with Crippen LogP contribution in [0.15, 0.2) is 48.5 Å². The molecule has 2 rings (SSSR count). The minimum absolute atomic E-state index is 0.0279. The summed E-state index contributed by atoms with van der Waals surface area (Å²) in [5, 5.41) is 2.94. The van der Waals surface area contributed by atoms with Crippen molar-refractivity contribution in [3.8, 4) is 5.75 Å². The molecule has 1 N–H and O–H groups in total. The lowest BCUT2D eigenvalue weighted by atomic mass is 10.0. The van der Waals surface area contributed by atoms with Crippen molar-refractivity contribution >= 4 is 11.6 Å². The van der Waals surface area contributed by atoms with Gasteiger partial charge in [-0.1, -0.05) is 26.0 Å². The maximum absolute atomic E-state index is 12.4.